The molecule has 2 aliphatic heterocycles. The van der Waals surface area contributed by atoms with Gasteiger partial charge in [0.05, 0.1) is 11.8 Å². The summed E-state index contributed by atoms with van der Waals surface area (Å²) in [6.45, 7) is 5.01. The van der Waals surface area contributed by atoms with E-state index >= 15 is 0 Å². The standard InChI is InChI=1S/C25H28FN3O3/c1-16(30)29-13-8-18-14-19(2-5-22(18)29)23(31)9-12-28-10-6-17(7-11-28)25-21-4-3-20(26)15-24(21)32-27-25/h2-5,14-15,17,23,31H,6-13H2,1H3. The number of anilines is 1. The normalized spacial score (nSPS) is 18.3. The Morgan fingerprint density at radius 1 is 1.22 bits per heavy atom. The number of hydrogen-bond acceptors (Lipinski definition) is 5. The quantitative estimate of drug-likeness (QED) is 0.649. The highest BCUT2D eigenvalue weighted by Crippen LogP contribution is 2.34. The molecule has 0 radical (unpaired) electrons. The third-order valence-corrected chi connectivity index (χ3v) is 6.92. The summed E-state index contributed by atoms with van der Waals surface area (Å²) in [6.07, 6.45) is 2.93. The van der Waals surface area contributed by atoms with Gasteiger partial charge in [-0.3, -0.25) is 4.79 Å². The van der Waals surface area contributed by atoms with Crippen molar-refractivity contribution in [2.75, 3.05) is 31.1 Å². The minimum Gasteiger partial charge on any atom is -0.388 e. The molecule has 1 amide bonds. The molecule has 3 heterocycles. The second-order valence-corrected chi connectivity index (χ2v) is 8.94. The number of amides is 1. The van der Waals surface area contributed by atoms with Crippen LogP contribution in [0, 0.1) is 5.82 Å². The van der Waals surface area contributed by atoms with Gasteiger partial charge in [0, 0.05) is 43.1 Å². The number of nitrogens with zero attached hydrogens (tertiary/aromatic N) is 3. The zero-order valence-corrected chi connectivity index (χ0v) is 18.3. The molecule has 32 heavy (non-hydrogen) atoms. The molecule has 0 spiro atoms. The average Bonchev–Trinajstić information content (AvgIpc) is 3.41. The van der Waals surface area contributed by atoms with E-state index in [-0.39, 0.29) is 11.7 Å². The van der Waals surface area contributed by atoms with Gasteiger partial charge < -0.3 is 19.4 Å². The number of aliphatic hydroxyl groups excluding tert-OH is 1. The Hall–Kier alpha value is -2.77. The number of rotatable bonds is 5. The van der Waals surface area contributed by atoms with Crippen LogP contribution in [0.5, 0.6) is 0 Å². The first-order valence-electron chi connectivity index (χ1n) is 11.4. The average molecular weight is 438 g/mol. The minimum atomic E-state index is -0.515. The van der Waals surface area contributed by atoms with Gasteiger partial charge in [-0.25, -0.2) is 4.39 Å². The lowest BCUT2D eigenvalue weighted by Gasteiger charge is -2.31. The molecule has 1 unspecified atom stereocenters. The fraction of sp³-hybridized carbons (Fsp3) is 0.440. The Morgan fingerprint density at radius 3 is 2.81 bits per heavy atom. The van der Waals surface area contributed by atoms with Crippen LogP contribution in [0.2, 0.25) is 0 Å². The summed E-state index contributed by atoms with van der Waals surface area (Å²) in [7, 11) is 0. The van der Waals surface area contributed by atoms with Crippen LogP contribution in [0.1, 0.15) is 55.0 Å². The van der Waals surface area contributed by atoms with Crippen molar-refractivity contribution in [3.8, 4) is 0 Å². The Kier molecular flexibility index (Phi) is 5.69. The van der Waals surface area contributed by atoms with Crippen LogP contribution < -0.4 is 4.90 Å². The van der Waals surface area contributed by atoms with Gasteiger partial charge in [0.15, 0.2) is 5.58 Å². The molecule has 1 atom stereocenters. The Balaban J connectivity index is 1.15. The molecular weight excluding hydrogens is 409 g/mol. The summed E-state index contributed by atoms with van der Waals surface area (Å²) in [6, 6.07) is 10.5. The number of aromatic nitrogens is 1. The summed E-state index contributed by atoms with van der Waals surface area (Å²) in [5.74, 6) is 0.0585. The molecule has 5 rings (SSSR count). The van der Waals surface area contributed by atoms with Crippen LogP contribution in [-0.2, 0) is 11.2 Å². The molecule has 2 aromatic carbocycles. The lowest BCUT2D eigenvalue weighted by molar-refractivity contribution is -0.116. The molecule has 168 valence electrons. The first-order chi connectivity index (χ1) is 15.5. The Labute approximate surface area is 186 Å². The molecular formula is C25H28FN3O3. The third-order valence-electron chi connectivity index (χ3n) is 6.92. The van der Waals surface area contributed by atoms with Crippen LogP contribution in [0.25, 0.3) is 11.0 Å². The fourth-order valence-corrected chi connectivity index (χ4v) is 5.08. The van der Waals surface area contributed by atoms with Crippen molar-refractivity contribution in [2.45, 2.75) is 44.6 Å². The molecule has 0 saturated carbocycles. The highest BCUT2D eigenvalue weighted by molar-refractivity contribution is 5.93. The van der Waals surface area contributed by atoms with Crippen LogP contribution in [0.4, 0.5) is 10.1 Å². The maximum absolute atomic E-state index is 13.4. The number of carbonyl (C=O) groups is 1. The largest absolute Gasteiger partial charge is 0.388 e. The summed E-state index contributed by atoms with van der Waals surface area (Å²) >= 11 is 0. The number of likely N-dealkylation sites (tertiary alicyclic amines) is 1. The molecule has 1 saturated heterocycles. The predicted octanol–water partition coefficient (Wildman–Crippen LogP) is 4.18. The maximum Gasteiger partial charge on any atom is 0.223 e. The smallest absolute Gasteiger partial charge is 0.223 e. The predicted molar refractivity (Wildman–Crippen MR) is 120 cm³/mol. The third kappa shape index (κ3) is 4.02. The molecule has 7 heteroatoms. The molecule has 1 fully saturated rings. The summed E-state index contributed by atoms with van der Waals surface area (Å²) < 4.78 is 18.7. The van der Waals surface area contributed by atoms with Crippen molar-refractivity contribution in [1.82, 2.24) is 10.1 Å². The second kappa shape index (κ2) is 8.64. The summed E-state index contributed by atoms with van der Waals surface area (Å²) in [5.41, 5.74) is 4.46. The van der Waals surface area contributed by atoms with Gasteiger partial charge in [0.25, 0.3) is 0 Å². The van der Waals surface area contributed by atoms with Crippen LogP contribution >= 0.6 is 0 Å². The van der Waals surface area contributed by atoms with E-state index in [9.17, 15) is 14.3 Å². The summed E-state index contributed by atoms with van der Waals surface area (Å²) in [5, 5.41) is 15.9. The lowest BCUT2D eigenvalue weighted by Crippen LogP contribution is -2.34. The molecule has 1 N–H and O–H groups in total. The van der Waals surface area contributed by atoms with Gasteiger partial charge in [-0.05, 0) is 68.1 Å². The number of halogens is 1. The van der Waals surface area contributed by atoms with Crippen molar-refractivity contribution in [2.24, 2.45) is 0 Å². The zero-order valence-electron chi connectivity index (χ0n) is 18.3. The SMILES string of the molecule is CC(=O)N1CCc2cc(C(O)CCN3CCC(c4noc5cc(F)ccc45)CC3)ccc21. The fourth-order valence-electron chi connectivity index (χ4n) is 5.08. The number of aliphatic hydroxyl groups is 1. The Bertz CT molecular complexity index is 1140. The zero-order chi connectivity index (χ0) is 22.2. The van der Waals surface area contributed by atoms with E-state index in [1.54, 1.807) is 17.9 Å². The number of piperidine rings is 1. The van der Waals surface area contributed by atoms with E-state index in [2.05, 4.69) is 10.1 Å². The van der Waals surface area contributed by atoms with E-state index in [4.69, 9.17) is 4.52 Å². The number of hydrogen-bond donors (Lipinski definition) is 1. The van der Waals surface area contributed by atoms with E-state index in [1.165, 1.54) is 12.1 Å². The van der Waals surface area contributed by atoms with Crippen molar-refractivity contribution in [3.05, 3.63) is 59.0 Å². The maximum atomic E-state index is 13.4. The van der Waals surface area contributed by atoms with Gasteiger partial charge in [-0.15, -0.1) is 0 Å². The van der Waals surface area contributed by atoms with Crippen molar-refractivity contribution < 1.29 is 18.8 Å². The number of carbonyl (C=O) groups excluding carboxylic acids is 1. The number of fused-ring (bicyclic) bond motifs is 2. The van der Waals surface area contributed by atoms with E-state index in [0.29, 0.717) is 17.9 Å². The van der Waals surface area contributed by atoms with E-state index < -0.39 is 6.10 Å². The van der Waals surface area contributed by atoms with Crippen LogP contribution in [0.3, 0.4) is 0 Å². The minimum absolute atomic E-state index is 0.0613. The van der Waals surface area contributed by atoms with Gasteiger partial charge in [0.1, 0.15) is 5.82 Å². The van der Waals surface area contributed by atoms with Gasteiger partial charge >= 0.3 is 0 Å². The first-order valence-corrected chi connectivity index (χ1v) is 11.4. The topological polar surface area (TPSA) is 69.8 Å². The van der Waals surface area contributed by atoms with Crippen molar-refractivity contribution in [1.29, 1.82) is 0 Å². The van der Waals surface area contributed by atoms with Gasteiger partial charge in [0.2, 0.25) is 5.91 Å². The van der Waals surface area contributed by atoms with E-state index in [0.717, 1.165) is 73.3 Å². The van der Waals surface area contributed by atoms with Crippen molar-refractivity contribution in [3.63, 3.8) is 0 Å². The summed E-state index contributed by atoms with van der Waals surface area (Å²) in [4.78, 5) is 15.9. The molecule has 2 aliphatic rings. The highest BCUT2D eigenvalue weighted by atomic mass is 19.1. The highest BCUT2D eigenvalue weighted by Gasteiger charge is 2.26. The van der Waals surface area contributed by atoms with Crippen LogP contribution in [0.15, 0.2) is 40.9 Å². The molecule has 1 aromatic heterocycles. The van der Waals surface area contributed by atoms with Crippen LogP contribution in [-0.4, -0.2) is 47.2 Å². The van der Waals surface area contributed by atoms with Crippen molar-refractivity contribution >= 4 is 22.6 Å². The molecule has 6 nitrogen and oxygen atoms in total. The van der Waals surface area contributed by atoms with Gasteiger partial charge in [-0.1, -0.05) is 17.3 Å². The lowest BCUT2D eigenvalue weighted by atomic mass is 9.91. The molecule has 0 bridgehead atoms. The molecule has 3 aromatic rings. The number of benzene rings is 2. The second-order valence-electron chi connectivity index (χ2n) is 8.94. The molecule has 0 aliphatic carbocycles. The van der Waals surface area contributed by atoms with E-state index in [1.807, 2.05) is 18.2 Å². The first kappa shape index (κ1) is 21.1. The Morgan fingerprint density at radius 2 is 2.03 bits per heavy atom. The van der Waals surface area contributed by atoms with Gasteiger partial charge in [-0.2, -0.15) is 0 Å². The monoisotopic (exact) mass is 437 g/mol.